The van der Waals surface area contributed by atoms with Crippen LogP contribution in [0, 0.1) is 11.6 Å². The molecule has 3 aromatic heterocycles. The van der Waals surface area contributed by atoms with E-state index in [2.05, 4.69) is 15.1 Å². The molecule has 1 aliphatic heterocycles. The van der Waals surface area contributed by atoms with Crippen LogP contribution in [0.3, 0.4) is 0 Å². The number of likely N-dealkylation sites (tertiary alicyclic amines) is 1. The summed E-state index contributed by atoms with van der Waals surface area (Å²) in [5, 5.41) is 4.65. The number of nitrogens with zero attached hydrogens (tertiary/aromatic N) is 5. The van der Waals surface area contributed by atoms with E-state index in [9.17, 15) is 13.6 Å². The zero-order valence-electron chi connectivity index (χ0n) is 16.6. The number of benzene rings is 1. The Kier molecular flexibility index (Phi) is 4.89. The molecular formula is C23H19F2N5O. The van der Waals surface area contributed by atoms with E-state index in [4.69, 9.17) is 0 Å². The van der Waals surface area contributed by atoms with Crippen molar-refractivity contribution in [1.29, 1.82) is 0 Å². The number of halogens is 2. The molecule has 0 saturated carbocycles. The molecular weight excluding hydrogens is 400 g/mol. The van der Waals surface area contributed by atoms with Crippen molar-refractivity contribution in [2.45, 2.75) is 18.8 Å². The maximum absolute atomic E-state index is 14.0. The van der Waals surface area contributed by atoms with Gasteiger partial charge in [0.05, 0.1) is 5.56 Å². The average molecular weight is 419 g/mol. The molecule has 1 aliphatic rings. The minimum absolute atomic E-state index is 0.103. The van der Waals surface area contributed by atoms with Crippen LogP contribution in [0.1, 0.15) is 34.9 Å². The van der Waals surface area contributed by atoms with Crippen molar-refractivity contribution in [3.05, 3.63) is 84.1 Å². The summed E-state index contributed by atoms with van der Waals surface area (Å²) < 4.78 is 28.8. The van der Waals surface area contributed by atoms with Gasteiger partial charge in [-0.25, -0.2) is 18.3 Å². The molecule has 1 amide bonds. The molecule has 1 saturated heterocycles. The third-order valence-electron chi connectivity index (χ3n) is 5.65. The van der Waals surface area contributed by atoms with E-state index in [-0.39, 0.29) is 11.5 Å². The molecule has 4 aromatic rings. The van der Waals surface area contributed by atoms with Gasteiger partial charge in [-0.1, -0.05) is 6.07 Å². The molecule has 0 N–H and O–H groups in total. The number of pyridine rings is 2. The maximum atomic E-state index is 14.0. The lowest BCUT2D eigenvalue weighted by Gasteiger charge is -2.30. The van der Waals surface area contributed by atoms with Crippen LogP contribution in [-0.4, -0.2) is 43.5 Å². The van der Waals surface area contributed by atoms with Crippen molar-refractivity contribution in [3.8, 4) is 11.1 Å². The largest absolute Gasteiger partial charge is 0.339 e. The van der Waals surface area contributed by atoms with E-state index >= 15 is 0 Å². The molecule has 0 atom stereocenters. The van der Waals surface area contributed by atoms with Gasteiger partial charge in [-0.2, -0.15) is 5.10 Å². The lowest BCUT2D eigenvalue weighted by Crippen LogP contribution is -2.38. The quantitative estimate of drug-likeness (QED) is 0.502. The molecule has 31 heavy (non-hydrogen) atoms. The fourth-order valence-corrected chi connectivity index (χ4v) is 3.95. The van der Waals surface area contributed by atoms with Gasteiger partial charge in [-0.15, -0.1) is 0 Å². The number of hydrogen-bond acceptors (Lipinski definition) is 4. The van der Waals surface area contributed by atoms with Gasteiger partial charge in [0, 0.05) is 54.8 Å². The SMILES string of the molecule is O=C(c1ccc(F)cc1F)N1CCC(c2nc3ccc(-c4cccnc4)cn3n2)CC1. The summed E-state index contributed by atoms with van der Waals surface area (Å²) in [5.74, 6) is -1.09. The van der Waals surface area contributed by atoms with Crippen LogP contribution in [0.4, 0.5) is 8.78 Å². The zero-order valence-corrected chi connectivity index (χ0v) is 16.6. The molecule has 0 radical (unpaired) electrons. The Labute approximate surface area is 177 Å². The van der Waals surface area contributed by atoms with E-state index in [0.29, 0.717) is 25.9 Å². The first-order valence-corrected chi connectivity index (χ1v) is 10.1. The van der Waals surface area contributed by atoms with Gasteiger partial charge < -0.3 is 4.90 Å². The Morgan fingerprint density at radius 1 is 1.03 bits per heavy atom. The summed E-state index contributed by atoms with van der Waals surface area (Å²) in [7, 11) is 0. The highest BCUT2D eigenvalue weighted by Crippen LogP contribution is 2.28. The summed E-state index contributed by atoms with van der Waals surface area (Å²) in [6.07, 6.45) is 6.83. The Bertz CT molecular complexity index is 1250. The van der Waals surface area contributed by atoms with E-state index in [0.717, 1.165) is 34.7 Å². The van der Waals surface area contributed by atoms with Crippen molar-refractivity contribution in [2.24, 2.45) is 0 Å². The van der Waals surface area contributed by atoms with Crippen LogP contribution in [0.2, 0.25) is 0 Å². The number of carbonyl (C=O) groups is 1. The first kappa shape index (κ1) is 19.3. The average Bonchev–Trinajstić information content (AvgIpc) is 3.23. The molecule has 156 valence electrons. The lowest BCUT2D eigenvalue weighted by molar-refractivity contribution is 0.0706. The number of fused-ring (bicyclic) bond motifs is 1. The van der Waals surface area contributed by atoms with Gasteiger partial charge in [-0.3, -0.25) is 9.78 Å². The highest BCUT2D eigenvalue weighted by molar-refractivity contribution is 5.94. The van der Waals surface area contributed by atoms with Crippen LogP contribution in [0.5, 0.6) is 0 Å². The second-order valence-electron chi connectivity index (χ2n) is 7.62. The summed E-state index contributed by atoms with van der Waals surface area (Å²) in [5.41, 5.74) is 2.66. The second kappa shape index (κ2) is 7.86. The van der Waals surface area contributed by atoms with E-state index < -0.39 is 17.5 Å². The summed E-state index contributed by atoms with van der Waals surface area (Å²) in [6, 6.07) is 10.8. The molecule has 5 rings (SSSR count). The monoisotopic (exact) mass is 419 g/mol. The molecule has 6 nitrogen and oxygen atoms in total. The summed E-state index contributed by atoms with van der Waals surface area (Å²) >= 11 is 0. The first-order chi connectivity index (χ1) is 15.1. The number of carbonyl (C=O) groups excluding carboxylic acids is 1. The molecule has 0 aliphatic carbocycles. The van der Waals surface area contributed by atoms with E-state index in [1.54, 1.807) is 21.8 Å². The number of amides is 1. The predicted octanol–water partition coefficient (Wildman–Crippen LogP) is 4.09. The van der Waals surface area contributed by atoms with Gasteiger partial charge >= 0.3 is 0 Å². The Morgan fingerprint density at radius 2 is 1.87 bits per heavy atom. The molecule has 8 heteroatoms. The molecule has 0 spiro atoms. The third kappa shape index (κ3) is 3.76. The van der Waals surface area contributed by atoms with Gasteiger partial charge in [0.2, 0.25) is 0 Å². The van der Waals surface area contributed by atoms with Crippen LogP contribution < -0.4 is 0 Å². The predicted molar refractivity (Wildman–Crippen MR) is 110 cm³/mol. The highest BCUT2D eigenvalue weighted by atomic mass is 19.1. The Hall–Kier alpha value is -3.68. The smallest absolute Gasteiger partial charge is 0.256 e. The normalized spacial score (nSPS) is 14.8. The molecule has 0 bridgehead atoms. The van der Waals surface area contributed by atoms with E-state index in [1.165, 1.54) is 6.07 Å². The van der Waals surface area contributed by atoms with Crippen molar-refractivity contribution in [1.82, 2.24) is 24.5 Å². The summed E-state index contributed by atoms with van der Waals surface area (Å²) in [6.45, 7) is 0.938. The third-order valence-corrected chi connectivity index (χ3v) is 5.65. The number of piperidine rings is 1. The van der Waals surface area contributed by atoms with Crippen LogP contribution in [-0.2, 0) is 0 Å². The van der Waals surface area contributed by atoms with Crippen LogP contribution >= 0.6 is 0 Å². The molecule has 0 unspecified atom stereocenters. The Balaban J connectivity index is 1.30. The van der Waals surface area contributed by atoms with Crippen molar-refractivity contribution >= 4 is 11.6 Å². The van der Waals surface area contributed by atoms with Crippen LogP contribution in [0.25, 0.3) is 16.8 Å². The number of rotatable bonds is 3. The molecule has 1 fully saturated rings. The number of hydrogen-bond donors (Lipinski definition) is 0. The molecule has 4 heterocycles. The van der Waals surface area contributed by atoms with Gasteiger partial charge in [0.1, 0.15) is 11.6 Å². The first-order valence-electron chi connectivity index (χ1n) is 10.1. The topological polar surface area (TPSA) is 63.4 Å². The summed E-state index contributed by atoms with van der Waals surface area (Å²) in [4.78, 5) is 23.0. The zero-order chi connectivity index (χ0) is 21.4. The van der Waals surface area contributed by atoms with Crippen LogP contribution in [0.15, 0.2) is 61.1 Å². The lowest BCUT2D eigenvalue weighted by atomic mass is 9.95. The molecule has 1 aromatic carbocycles. The second-order valence-corrected chi connectivity index (χ2v) is 7.62. The highest BCUT2D eigenvalue weighted by Gasteiger charge is 2.28. The van der Waals surface area contributed by atoms with E-state index in [1.807, 2.05) is 30.5 Å². The fourth-order valence-electron chi connectivity index (χ4n) is 3.95. The minimum atomic E-state index is -0.835. The Morgan fingerprint density at radius 3 is 2.61 bits per heavy atom. The van der Waals surface area contributed by atoms with Crippen molar-refractivity contribution in [2.75, 3.05) is 13.1 Å². The fraction of sp³-hybridized carbons (Fsp3) is 0.217. The van der Waals surface area contributed by atoms with Crippen molar-refractivity contribution in [3.63, 3.8) is 0 Å². The minimum Gasteiger partial charge on any atom is -0.339 e. The maximum Gasteiger partial charge on any atom is 0.256 e. The van der Waals surface area contributed by atoms with Gasteiger partial charge in [-0.05, 0) is 43.2 Å². The standard InChI is InChI=1S/C23H19F2N5O/c24-18-4-5-19(20(25)12-18)23(31)29-10-7-15(8-11-29)22-27-21-6-3-17(14-30(21)28-22)16-2-1-9-26-13-16/h1-6,9,12-15H,7-8,10-11H2. The van der Waals surface area contributed by atoms with Gasteiger partial charge in [0.25, 0.3) is 5.91 Å². The van der Waals surface area contributed by atoms with Gasteiger partial charge in [0.15, 0.2) is 11.5 Å². The number of aromatic nitrogens is 4. The van der Waals surface area contributed by atoms with Crippen molar-refractivity contribution < 1.29 is 13.6 Å².